The van der Waals surface area contributed by atoms with Gasteiger partial charge in [0.1, 0.15) is 5.82 Å². The second-order valence-electron chi connectivity index (χ2n) is 9.46. The van der Waals surface area contributed by atoms with E-state index in [-0.39, 0.29) is 29.5 Å². The zero-order valence-corrected chi connectivity index (χ0v) is 20.9. The van der Waals surface area contributed by atoms with Crippen LogP contribution in [0.25, 0.3) is 0 Å². The minimum absolute atomic E-state index is 0.0117. The van der Waals surface area contributed by atoms with Crippen LogP contribution in [-0.4, -0.2) is 53.7 Å². The van der Waals surface area contributed by atoms with Crippen molar-refractivity contribution in [3.63, 3.8) is 0 Å². The van der Waals surface area contributed by atoms with Crippen molar-refractivity contribution in [2.75, 3.05) is 41.2 Å². The number of rotatable bonds is 10. The lowest BCUT2D eigenvalue weighted by Crippen LogP contribution is -2.35. The number of benzene rings is 1. The van der Waals surface area contributed by atoms with Crippen molar-refractivity contribution in [3.8, 4) is 5.88 Å². The van der Waals surface area contributed by atoms with Gasteiger partial charge >= 0.3 is 6.18 Å². The minimum atomic E-state index is -4.31. The lowest BCUT2D eigenvalue weighted by atomic mass is 9.93. The molecule has 2 fully saturated rings. The molecular weight excluding hydrogens is 493 g/mol. The highest BCUT2D eigenvalue weighted by atomic mass is 32.2. The lowest BCUT2D eigenvalue weighted by Gasteiger charge is -2.35. The van der Waals surface area contributed by atoms with Crippen LogP contribution in [0.4, 0.5) is 30.4 Å². The number of nitrogens with one attached hydrogen (secondary N) is 2. The van der Waals surface area contributed by atoms with Crippen LogP contribution < -0.4 is 19.7 Å². The van der Waals surface area contributed by atoms with E-state index in [1.165, 1.54) is 30.9 Å². The summed E-state index contributed by atoms with van der Waals surface area (Å²) in [4.78, 5) is 19.6. The maximum Gasteiger partial charge on any atom is 0.392 e. The van der Waals surface area contributed by atoms with Crippen molar-refractivity contribution < 1.29 is 27.8 Å². The molecule has 1 saturated heterocycles. The number of alkyl halides is 3. The molecule has 2 aromatic rings. The van der Waals surface area contributed by atoms with Gasteiger partial charge in [0.2, 0.25) is 5.88 Å². The molecule has 1 aromatic heterocycles. The number of aromatic nitrogens is 1. The predicted octanol–water partition coefficient (Wildman–Crippen LogP) is 5.49. The van der Waals surface area contributed by atoms with E-state index in [4.69, 9.17) is 4.74 Å². The summed E-state index contributed by atoms with van der Waals surface area (Å²) < 4.78 is 45.5. The Balaban J connectivity index is 1.48. The molecule has 1 aromatic carbocycles. The van der Waals surface area contributed by atoms with E-state index >= 15 is 0 Å². The Hall–Kier alpha value is -2.66. The van der Waals surface area contributed by atoms with E-state index in [0.717, 1.165) is 37.3 Å². The van der Waals surface area contributed by atoms with Crippen molar-refractivity contribution in [3.05, 3.63) is 42.0 Å². The van der Waals surface area contributed by atoms with Gasteiger partial charge in [-0.3, -0.25) is 4.79 Å². The third-order valence-corrected chi connectivity index (χ3v) is 7.50. The van der Waals surface area contributed by atoms with Gasteiger partial charge in [-0.2, -0.15) is 18.2 Å². The molecule has 1 atom stereocenters. The van der Waals surface area contributed by atoms with Gasteiger partial charge in [-0.05, 0) is 74.2 Å². The number of hydrogen-bond acceptors (Lipinski definition) is 7. The third kappa shape index (κ3) is 7.19. The molecule has 0 radical (unpaired) electrons. The van der Waals surface area contributed by atoms with E-state index in [0.29, 0.717) is 11.0 Å². The summed E-state index contributed by atoms with van der Waals surface area (Å²) in [6.45, 7) is 3.14. The SMILES string of the molecule is C[C@H](CO)SNc1ccc(C(=O)Nc2cccc(OCCC(F)(F)F)n2)c(N2CCC3(CC2)CC3)c1. The van der Waals surface area contributed by atoms with Crippen LogP contribution in [0.5, 0.6) is 5.88 Å². The molecule has 7 nitrogen and oxygen atoms in total. The van der Waals surface area contributed by atoms with Crippen LogP contribution in [0.15, 0.2) is 36.4 Å². The molecule has 3 N–H and O–H groups in total. The largest absolute Gasteiger partial charge is 0.477 e. The summed E-state index contributed by atoms with van der Waals surface area (Å²) in [7, 11) is 0. The maximum absolute atomic E-state index is 13.3. The molecule has 2 aliphatic rings. The number of carbonyl (C=O) groups is 1. The molecule has 4 rings (SSSR count). The highest BCUT2D eigenvalue weighted by Gasteiger charge is 2.44. The van der Waals surface area contributed by atoms with Crippen LogP contribution >= 0.6 is 11.9 Å². The van der Waals surface area contributed by atoms with Crippen molar-refractivity contribution in [2.45, 2.75) is 50.5 Å². The van der Waals surface area contributed by atoms with Crippen molar-refractivity contribution in [2.24, 2.45) is 5.41 Å². The molecule has 11 heteroatoms. The maximum atomic E-state index is 13.3. The Bertz CT molecular complexity index is 1060. The van der Waals surface area contributed by atoms with Crippen LogP contribution in [-0.2, 0) is 0 Å². The smallest absolute Gasteiger partial charge is 0.392 e. The Morgan fingerprint density at radius 3 is 2.64 bits per heavy atom. The molecule has 1 aliphatic carbocycles. The fourth-order valence-corrected chi connectivity index (χ4v) is 4.71. The lowest BCUT2D eigenvalue weighted by molar-refractivity contribution is -0.139. The van der Waals surface area contributed by atoms with E-state index in [2.05, 4.69) is 19.9 Å². The molecule has 1 amide bonds. The fourth-order valence-electron chi connectivity index (χ4n) is 4.17. The first-order valence-electron chi connectivity index (χ1n) is 12.1. The first-order chi connectivity index (χ1) is 17.2. The van der Waals surface area contributed by atoms with Gasteiger partial charge in [-0.15, -0.1) is 0 Å². The second kappa shape index (κ2) is 11.2. The molecular formula is C25H31F3N4O3S. The number of amides is 1. The normalized spacial score (nSPS) is 17.5. The molecule has 1 saturated carbocycles. The monoisotopic (exact) mass is 524 g/mol. The number of aliphatic hydroxyl groups excluding tert-OH is 1. The summed E-state index contributed by atoms with van der Waals surface area (Å²) in [6, 6.07) is 10.1. The van der Waals surface area contributed by atoms with Gasteiger partial charge in [0, 0.05) is 30.1 Å². The van der Waals surface area contributed by atoms with E-state index in [1.54, 1.807) is 18.2 Å². The quantitative estimate of drug-likeness (QED) is 0.355. The first kappa shape index (κ1) is 26.4. The first-order valence-corrected chi connectivity index (χ1v) is 12.9. The number of hydrogen-bond donors (Lipinski definition) is 3. The Labute approximate surface area is 212 Å². The molecule has 2 heterocycles. The van der Waals surface area contributed by atoms with Crippen LogP contribution in [0.1, 0.15) is 49.4 Å². The van der Waals surface area contributed by atoms with E-state index < -0.39 is 19.2 Å². The molecule has 1 spiro atoms. The third-order valence-electron chi connectivity index (χ3n) is 6.60. The predicted molar refractivity (Wildman–Crippen MR) is 136 cm³/mol. The van der Waals surface area contributed by atoms with Crippen LogP contribution in [0.2, 0.25) is 0 Å². The standard InChI is InChI=1S/C25H31F3N4O3S/c1-17(16-33)36-31-18-5-6-19(20(15-18)32-12-9-24(7-8-24)10-13-32)23(34)30-21-3-2-4-22(29-21)35-14-11-25(26,27)28/h2-6,15,17,31,33H,7-14,16H2,1H3,(H,29,30,34)/t17-/m1/s1. The van der Waals surface area contributed by atoms with Gasteiger partial charge < -0.3 is 24.8 Å². The Morgan fingerprint density at radius 1 is 1.22 bits per heavy atom. The van der Waals surface area contributed by atoms with Crippen LogP contribution in [0.3, 0.4) is 0 Å². The molecule has 1 aliphatic heterocycles. The number of carbonyl (C=O) groups excluding carboxylic acids is 1. The average molecular weight is 525 g/mol. The molecule has 0 unspecified atom stereocenters. The van der Waals surface area contributed by atoms with E-state index in [1.807, 2.05) is 19.1 Å². The number of nitrogens with zero attached hydrogens (tertiary/aromatic N) is 2. The van der Waals surface area contributed by atoms with Gasteiger partial charge in [-0.25, -0.2) is 0 Å². The number of anilines is 3. The summed E-state index contributed by atoms with van der Waals surface area (Å²) in [5.74, 6) is -0.155. The van der Waals surface area contributed by atoms with Gasteiger partial charge in [0.15, 0.2) is 0 Å². The zero-order valence-electron chi connectivity index (χ0n) is 20.1. The molecule has 0 bridgehead atoms. The van der Waals surface area contributed by atoms with Crippen molar-refractivity contribution >= 4 is 35.0 Å². The Kier molecular flexibility index (Phi) is 8.19. The second-order valence-corrected chi connectivity index (χ2v) is 10.7. The van der Waals surface area contributed by atoms with Crippen LogP contribution in [0, 0.1) is 5.41 Å². The van der Waals surface area contributed by atoms with Crippen molar-refractivity contribution in [1.29, 1.82) is 0 Å². The van der Waals surface area contributed by atoms with Gasteiger partial charge in [0.05, 0.1) is 30.9 Å². The summed E-state index contributed by atoms with van der Waals surface area (Å²) in [5.41, 5.74) is 2.61. The number of piperidine rings is 1. The highest BCUT2D eigenvalue weighted by molar-refractivity contribution is 8.01. The summed E-state index contributed by atoms with van der Waals surface area (Å²) >= 11 is 1.41. The number of aliphatic hydroxyl groups is 1. The topological polar surface area (TPSA) is 86.7 Å². The molecule has 196 valence electrons. The number of ether oxygens (including phenoxy) is 1. The Morgan fingerprint density at radius 2 is 1.97 bits per heavy atom. The summed E-state index contributed by atoms with van der Waals surface area (Å²) in [5, 5.41) is 12.1. The van der Waals surface area contributed by atoms with E-state index in [9.17, 15) is 23.1 Å². The van der Waals surface area contributed by atoms with Gasteiger partial charge in [0.25, 0.3) is 5.91 Å². The zero-order chi connectivity index (χ0) is 25.8. The average Bonchev–Trinajstić information content (AvgIpc) is 3.61. The number of halogens is 3. The summed E-state index contributed by atoms with van der Waals surface area (Å²) in [6.07, 6.45) is -0.647. The number of pyridine rings is 1. The van der Waals surface area contributed by atoms with Gasteiger partial charge in [-0.1, -0.05) is 6.07 Å². The van der Waals surface area contributed by atoms with Crippen molar-refractivity contribution in [1.82, 2.24) is 4.98 Å². The minimum Gasteiger partial charge on any atom is -0.477 e. The fraction of sp³-hybridized carbons (Fsp3) is 0.520. The highest BCUT2D eigenvalue weighted by Crippen LogP contribution is 2.54. The molecule has 36 heavy (non-hydrogen) atoms.